The van der Waals surface area contributed by atoms with E-state index in [1.807, 2.05) is 0 Å². The lowest BCUT2D eigenvalue weighted by atomic mass is 9.96. The van der Waals surface area contributed by atoms with Gasteiger partial charge in [-0.3, -0.25) is 9.59 Å². The standard InChI is InChI=1S/C18H14O4/c1-22-18(21)10-17(15-6-2-13(11-19)3-7-15)16-8-4-14(12-20)5-9-16/h2-12H,1H3. The zero-order valence-corrected chi connectivity index (χ0v) is 12.0. The van der Waals surface area contributed by atoms with Crippen LogP contribution in [0.3, 0.4) is 0 Å². The monoisotopic (exact) mass is 294 g/mol. The largest absolute Gasteiger partial charge is 0.466 e. The summed E-state index contributed by atoms with van der Waals surface area (Å²) in [5, 5.41) is 0. The van der Waals surface area contributed by atoms with Gasteiger partial charge in [-0.25, -0.2) is 4.79 Å². The molecule has 0 unspecified atom stereocenters. The van der Waals surface area contributed by atoms with Crippen LogP contribution in [-0.2, 0) is 9.53 Å². The van der Waals surface area contributed by atoms with E-state index in [2.05, 4.69) is 4.74 Å². The minimum Gasteiger partial charge on any atom is -0.466 e. The van der Waals surface area contributed by atoms with Gasteiger partial charge in [0.25, 0.3) is 0 Å². The van der Waals surface area contributed by atoms with E-state index in [0.717, 1.165) is 23.7 Å². The number of methoxy groups -OCH3 is 1. The number of benzene rings is 2. The van der Waals surface area contributed by atoms with E-state index >= 15 is 0 Å². The molecule has 0 saturated carbocycles. The summed E-state index contributed by atoms with van der Waals surface area (Å²) < 4.78 is 4.69. The van der Waals surface area contributed by atoms with Crippen LogP contribution in [0.2, 0.25) is 0 Å². The van der Waals surface area contributed by atoms with Crippen LogP contribution in [0.1, 0.15) is 31.8 Å². The third-order valence-corrected chi connectivity index (χ3v) is 3.18. The molecule has 4 heteroatoms. The minimum absolute atomic E-state index is 0.478. The van der Waals surface area contributed by atoms with Gasteiger partial charge in [-0.1, -0.05) is 48.5 Å². The molecule has 0 N–H and O–H groups in total. The van der Waals surface area contributed by atoms with Crippen LogP contribution in [0.25, 0.3) is 5.57 Å². The number of hydrogen-bond donors (Lipinski definition) is 0. The first-order chi connectivity index (χ1) is 10.7. The van der Waals surface area contributed by atoms with Crippen molar-refractivity contribution in [3.63, 3.8) is 0 Å². The van der Waals surface area contributed by atoms with Gasteiger partial charge in [0.2, 0.25) is 0 Å². The van der Waals surface area contributed by atoms with Crippen LogP contribution in [0.4, 0.5) is 0 Å². The van der Waals surface area contributed by atoms with E-state index < -0.39 is 5.97 Å². The minimum atomic E-state index is -0.478. The SMILES string of the molecule is COC(=O)C=C(c1ccc(C=O)cc1)c1ccc(C=O)cc1. The van der Waals surface area contributed by atoms with Crippen LogP contribution >= 0.6 is 0 Å². The van der Waals surface area contributed by atoms with Crippen molar-refractivity contribution in [1.29, 1.82) is 0 Å². The number of rotatable bonds is 5. The molecule has 110 valence electrons. The molecule has 0 aromatic heterocycles. The summed E-state index contributed by atoms with van der Waals surface area (Å²) in [6.07, 6.45) is 2.89. The molecular formula is C18H14O4. The Morgan fingerprint density at radius 1 is 0.818 bits per heavy atom. The number of aldehydes is 2. The summed E-state index contributed by atoms with van der Waals surface area (Å²) in [5.74, 6) is -0.478. The molecule has 0 aliphatic rings. The molecule has 0 fully saturated rings. The summed E-state index contributed by atoms with van der Waals surface area (Å²) in [5.41, 5.74) is 3.31. The lowest BCUT2D eigenvalue weighted by molar-refractivity contribution is -0.134. The van der Waals surface area contributed by atoms with Crippen molar-refractivity contribution < 1.29 is 19.1 Å². The Kier molecular flexibility index (Phi) is 4.98. The lowest BCUT2D eigenvalue weighted by Crippen LogP contribution is -1.99. The molecule has 0 amide bonds. The summed E-state index contributed by atoms with van der Waals surface area (Å²) in [4.78, 5) is 33.1. The fourth-order valence-corrected chi connectivity index (χ4v) is 1.99. The molecule has 0 saturated heterocycles. The first-order valence-electron chi connectivity index (χ1n) is 6.59. The smallest absolute Gasteiger partial charge is 0.331 e. The van der Waals surface area contributed by atoms with E-state index in [-0.39, 0.29) is 0 Å². The van der Waals surface area contributed by atoms with Gasteiger partial charge >= 0.3 is 5.97 Å². The normalized spacial score (nSPS) is 9.68. The number of esters is 1. The molecule has 2 aromatic rings. The van der Waals surface area contributed by atoms with Crippen LogP contribution in [0.15, 0.2) is 54.6 Å². The quantitative estimate of drug-likeness (QED) is 0.483. The Bertz CT molecular complexity index is 656. The molecule has 0 bridgehead atoms. The highest BCUT2D eigenvalue weighted by Gasteiger charge is 2.08. The molecule has 0 heterocycles. The molecular weight excluding hydrogens is 280 g/mol. The third-order valence-electron chi connectivity index (χ3n) is 3.18. The van der Waals surface area contributed by atoms with Crippen LogP contribution in [-0.4, -0.2) is 25.7 Å². The molecule has 0 atom stereocenters. The Morgan fingerprint density at radius 3 is 1.55 bits per heavy atom. The predicted molar refractivity (Wildman–Crippen MR) is 82.8 cm³/mol. The van der Waals surface area contributed by atoms with Crippen molar-refractivity contribution in [2.75, 3.05) is 7.11 Å². The molecule has 0 aliphatic heterocycles. The summed E-state index contributed by atoms with van der Waals surface area (Å²) in [6, 6.07) is 13.7. The zero-order chi connectivity index (χ0) is 15.9. The maximum Gasteiger partial charge on any atom is 0.331 e. The lowest BCUT2D eigenvalue weighted by Gasteiger charge is -2.09. The van der Waals surface area contributed by atoms with Gasteiger partial charge in [0.15, 0.2) is 0 Å². The Balaban J connectivity index is 2.49. The Hall–Kier alpha value is -3.01. The fourth-order valence-electron chi connectivity index (χ4n) is 1.99. The van der Waals surface area contributed by atoms with Crippen LogP contribution < -0.4 is 0 Å². The average molecular weight is 294 g/mol. The summed E-state index contributed by atoms with van der Waals surface area (Å²) >= 11 is 0. The second-order valence-electron chi connectivity index (χ2n) is 4.56. The highest BCUT2D eigenvalue weighted by Crippen LogP contribution is 2.24. The number of ether oxygens (including phenoxy) is 1. The first kappa shape index (κ1) is 15.4. The Morgan fingerprint density at radius 2 is 1.23 bits per heavy atom. The van der Waals surface area contributed by atoms with Gasteiger partial charge in [-0.2, -0.15) is 0 Å². The summed E-state index contributed by atoms with van der Waals surface area (Å²) in [6.45, 7) is 0. The maximum absolute atomic E-state index is 11.6. The van der Waals surface area contributed by atoms with Gasteiger partial charge in [-0.05, 0) is 16.7 Å². The van der Waals surface area contributed by atoms with E-state index in [1.54, 1.807) is 48.5 Å². The van der Waals surface area contributed by atoms with E-state index in [1.165, 1.54) is 13.2 Å². The van der Waals surface area contributed by atoms with Gasteiger partial charge in [0.05, 0.1) is 7.11 Å². The third kappa shape index (κ3) is 3.55. The van der Waals surface area contributed by atoms with Gasteiger partial charge in [0.1, 0.15) is 12.6 Å². The van der Waals surface area contributed by atoms with Crippen molar-refractivity contribution in [2.45, 2.75) is 0 Å². The second-order valence-corrected chi connectivity index (χ2v) is 4.56. The topological polar surface area (TPSA) is 60.4 Å². The van der Waals surface area contributed by atoms with Crippen molar-refractivity contribution >= 4 is 24.1 Å². The molecule has 0 aliphatic carbocycles. The van der Waals surface area contributed by atoms with Crippen molar-refractivity contribution in [2.24, 2.45) is 0 Å². The Labute approximate surface area is 128 Å². The first-order valence-corrected chi connectivity index (χ1v) is 6.59. The number of carbonyl (C=O) groups is 3. The summed E-state index contributed by atoms with van der Waals surface area (Å²) in [7, 11) is 1.31. The van der Waals surface area contributed by atoms with E-state index in [0.29, 0.717) is 16.7 Å². The van der Waals surface area contributed by atoms with Gasteiger partial charge in [0, 0.05) is 17.2 Å². The highest BCUT2D eigenvalue weighted by atomic mass is 16.5. The maximum atomic E-state index is 11.6. The molecule has 4 nitrogen and oxygen atoms in total. The van der Waals surface area contributed by atoms with Gasteiger partial charge < -0.3 is 4.74 Å². The van der Waals surface area contributed by atoms with Crippen molar-refractivity contribution in [1.82, 2.24) is 0 Å². The predicted octanol–water partition coefficient (Wildman–Crippen LogP) is 2.92. The van der Waals surface area contributed by atoms with Crippen molar-refractivity contribution in [3.05, 3.63) is 76.9 Å². The molecule has 2 rings (SSSR count). The zero-order valence-electron chi connectivity index (χ0n) is 12.0. The van der Waals surface area contributed by atoms with E-state index in [4.69, 9.17) is 0 Å². The molecule has 0 spiro atoms. The van der Waals surface area contributed by atoms with Crippen molar-refractivity contribution in [3.8, 4) is 0 Å². The second kappa shape index (κ2) is 7.13. The highest BCUT2D eigenvalue weighted by molar-refractivity contribution is 5.96. The van der Waals surface area contributed by atoms with Crippen LogP contribution in [0.5, 0.6) is 0 Å². The molecule has 0 radical (unpaired) electrons. The average Bonchev–Trinajstić information content (AvgIpc) is 2.59. The van der Waals surface area contributed by atoms with E-state index in [9.17, 15) is 14.4 Å². The molecule has 22 heavy (non-hydrogen) atoms. The number of hydrogen-bond acceptors (Lipinski definition) is 4. The van der Waals surface area contributed by atoms with Crippen LogP contribution in [0, 0.1) is 0 Å². The number of carbonyl (C=O) groups excluding carboxylic acids is 3. The fraction of sp³-hybridized carbons (Fsp3) is 0.0556. The van der Waals surface area contributed by atoms with Gasteiger partial charge in [-0.15, -0.1) is 0 Å². The molecule has 2 aromatic carbocycles.